The Morgan fingerprint density at radius 2 is 1.75 bits per heavy atom. The monoisotopic (exact) mass is 471 g/mol. The first-order valence-electron chi connectivity index (χ1n) is 14.0. The Kier molecular flexibility index (Phi) is 4.08. The third-order valence-electron chi connectivity index (χ3n) is 10.1. The fraction of sp³-hybridized carbons (Fsp3) is 0.382. The standard InChI is InChI=1S/C34H35N2/c1-18(2)22-8-9-29-27(16-22)28-12-19(3)20(4)31-33(28)36(29)30-17-25(26-14-21-6-7-23(26)13-21)15-24-10-11-35(5)34(31)32(24)30/h8-12,15-18,21,23,26H,6-7,13-14H2,1-5H3/q+1. The van der Waals surface area contributed by atoms with Crippen LogP contribution in [0.1, 0.15) is 73.6 Å². The topological polar surface area (TPSA) is 8.29 Å². The molecule has 3 aromatic carbocycles. The second-order valence-corrected chi connectivity index (χ2v) is 12.4. The van der Waals surface area contributed by atoms with E-state index < -0.39 is 0 Å². The number of aryl methyl sites for hydroxylation is 3. The van der Waals surface area contributed by atoms with Gasteiger partial charge in [-0.05, 0) is 109 Å². The van der Waals surface area contributed by atoms with E-state index in [1.54, 1.807) is 5.56 Å². The lowest BCUT2D eigenvalue weighted by atomic mass is 9.82. The van der Waals surface area contributed by atoms with Gasteiger partial charge < -0.3 is 4.40 Å². The van der Waals surface area contributed by atoms with Gasteiger partial charge in [-0.25, -0.2) is 4.57 Å². The Morgan fingerprint density at radius 1 is 0.889 bits per heavy atom. The molecule has 3 heterocycles. The number of aromatic nitrogens is 2. The molecule has 0 radical (unpaired) electrons. The van der Waals surface area contributed by atoms with Crippen LogP contribution in [0.4, 0.5) is 0 Å². The molecule has 2 bridgehead atoms. The Hall–Kier alpha value is -3.13. The molecule has 2 fully saturated rings. The molecule has 2 aliphatic rings. The maximum absolute atomic E-state index is 2.63. The number of rotatable bonds is 2. The Morgan fingerprint density at radius 3 is 2.50 bits per heavy atom. The van der Waals surface area contributed by atoms with Gasteiger partial charge in [-0.15, -0.1) is 0 Å². The number of benzene rings is 3. The van der Waals surface area contributed by atoms with Gasteiger partial charge in [0.25, 0.3) is 0 Å². The summed E-state index contributed by atoms with van der Waals surface area (Å²) in [5.74, 6) is 3.09. The fourth-order valence-electron chi connectivity index (χ4n) is 8.17. The van der Waals surface area contributed by atoms with Crippen molar-refractivity contribution in [1.29, 1.82) is 0 Å². The van der Waals surface area contributed by atoms with Crippen molar-refractivity contribution in [3.63, 3.8) is 0 Å². The van der Waals surface area contributed by atoms with Crippen LogP contribution in [-0.4, -0.2) is 4.40 Å². The van der Waals surface area contributed by atoms with Crippen molar-refractivity contribution in [2.75, 3.05) is 0 Å². The zero-order valence-electron chi connectivity index (χ0n) is 22.2. The lowest BCUT2D eigenvalue weighted by molar-refractivity contribution is -0.643. The van der Waals surface area contributed by atoms with Crippen LogP contribution in [0, 0.1) is 25.7 Å². The Labute approximate surface area is 212 Å². The molecule has 36 heavy (non-hydrogen) atoms. The lowest BCUT2D eigenvalue weighted by Crippen LogP contribution is -2.29. The van der Waals surface area contributed by atoms with Gasteiger partial charge in [0.05, 0.1) is 27.3 Å². The molecule has 3 aromatic heterocycles. The minimum atomic E-state index is 0.520. The second kappa shape index (κ2) is 7.00. The van der Waals surface area contributed by atoms with E-state index in [9.17, 15) is 0 Å². The number of hydrogen-bond acceptors (Lipinski definition) is 0. The molecule has 0 amide bonds. The average molecular weight is 472 g/mol. The van der Waals surface area contributed by atoms with Gasteiger partial charge >= 0.3 is 0 Å². The summed E-state index contributed by atoms with van der Waals surface area (Å²) >= 11 is 0. The summed E-state index contributed by atoms with van der Waals surface area (Å²) in [5.41, 5.74) is 11.3. The van der Waals surface area contributed by atoms with Gasteiger partial charge in [-0.2, -0.15) is 0 Å². The van der Waals surface area contributed by atoms with Gasteiger partial charge in [0.15, 0.2) is 6.20 Å². The minimum Gasteiger partial charge on any atom is -0.307 e. The molecule has 180 valence electrons. The van der Waals surface area contributed by atoms with E-state index in [0.717, 1.165) is 17.8 Å². The van der Waals surface area contributed by atoms with Gasteiger partial charge in [0.2, 0.25) is 5.52 Å². The third kappa shape index (κ3) is 2.55. The van der Waals surface area contributed by atoms with Crippen molar-refractivity contribution in [2.45, 2.75) is 65.2 Å². The molecule has 0 aliphatic heterocycles. The third-order valence-corrected chi connectivity index (χ3v) is 10.1. The normalized spacial score (nSPS) is 22.1. The zero-order valence-corrected chi connectivity index (χ0v) is 22.2. The highest BCUT2D eigenvalue weighted by atomic mass is 15.0. The van der Waals surface area contributed by atoms with E-state index in [1.807, 2.05) is 0 Å². The van der Waals surface area contributed by atoms with E-state index >= 15 is 0 Å². The molecule has 8 rings (SSSR count). The van der Waals surface area contributed by atoms with Crippen LogP contribution in [0.3, 0.4) is 0 Å². The van der Waals surface area contributed by atoms with Crippen LogP contribution in [0.2, 0.25) is 0 Å². The number of pyridine rings is 2. The van der Waals surface area contributed by atoms with Crippen LogP contribution in [0.5, 0.6) is 0 Å². The van der Waals surface area contributed by atoms with Crippen molar-refractivity contribution in [3.05, 3.63) is 70.9 Å². The van der Waals surface area contributed by atoms with Crippen LogP contribution < -0.4 is 4.57 Å². The van der Waals surface area contributed by atoms with Crippen LogP contribution >= 0.6 is 0 Å². The smallest absolute Gasteiger partial charge is 0.224 e. The van der Waals surface area contributed by atoms with E-state index in [4.69, 9.17) is 0 Å². The largest absolute Gasteiger partial charge is 0.307 e. The maximum atomic E-state index is 2.63. The van der Waals surface area contributed by atoms with Gasteiger partial charge in [-0.3, -0.25) is 0 Å². The summed E-state index contributed by atoms with van der Waals surface area (Å²) in [6.45, 7) is 9.21. The van der Waals surface area contributed by atoms with E-state index in [2.05, 4.69) is 92.4 Å². The molecule has 3 atom stereocenters. The summed E-state index contributed by atoms with van der Waals surface area (Å²) < 4.78 is 4.99. The SMILES string of the molecule is Cc1cc2c3cc(C(C)C)ccc3n3c4cc(C5CC6CCC5C6)cc5cc[n+](C)c(c(c1C)c23)c54. The van der Waals surface area contributed by atoms with Crippen molar-refractivity contribution in [2.24, 2.45) is 18.9 Å². The maximum Gasteiger partial charge on any atom is 0.224 e. The van der Waals surface area contributed by atoms with Gasteiger partial charge in [0, 0.05) is 16.8 Å². The summed E-state index contributed by atoms with van der Waals surface area (Å²) in [5, 5.41) is 7.03. The first-order chi connectivity index (χ1) is 17.4. The molecular formula is C34H35N2+. The summed E-state index contributed by atoms with van der Waals surface area (Å²) in [6, 6.07) is 17.1. The number of nitrogens with zero attached hydrogens (tertiary/aromatic N) is 2. The summed E-state index contributed by atoms with van der Waals surface area (Å²) in [4.78, 5) is 0. The molecule has 0 N–H and O–H groups in total. The summed E-state index contributed by atoms with van der Waals surface area (Å²) in [6.07, 6.45) is 8.00. The molecule has 0 saturated heterocycles. The van der Waals surface area contributed by atoms with Crippen molar-refractivity contribution < 1.29 is 4.57 Å². The molecule has 3 unspecified atom stereocenters. The van der Waals surface area contributed by atoms with Crippen LogP contribution in [0.25, 0.3) is 49.0 Å². The van der Waals surface area contributed by atoms with Crippen molar-refractivity contribution in [3.8, 4) is 0 Å². The molecule has 0 spiro atoms. The first kappa shape index (κ1) is 21.0. The molecule has 2 aliphatic carbocycles. The molecule has 6 aromatic rings. The number of fused-ring (bicyclic) bond motifs is 7. The first-order valence-corrected chi connectivity index (χ1v) is 14.0. The predicted octanol–water partition coefficient (Wildman–Crippen LogP) is 8.46. The number of hydrogen-bond donors (Lipinski definition) is 0. The zero-order chi connectivity index (χ0) is 24.5. The highest BCUT2D eigenvalue weighted by Crippen LogP contribution is 2.54. The Bertz CT molecular complexity index is 1870. The molecule has 2 saturated carbocycles. The molecule has 2 nitrogen and oxygen atoms in total. The van der Waals surface area contributed by atoms with E-state index in [-0.39, 0.29) is 0 Å². The quantitative estimate of drug-likeness (QED) is 0.136. The predicted molar refractivity (Wildman–Crippen MR) is 152 cm³/mol. The van der Waals surface area contributed by atoms with Crippen LogP contribution in [-0.2, 0) is 7.05 Å². The fourth-order valence-corrected chi connectivity index (χ4v) is 8.17. The van der Waals surface area contributed by atoms with Gasteiger partial charge in [0.1, 0.15) is 7.05 Å². The van der Waals surface area contributed by atoms with Crippen LogP contribution in [0.15, 0.2) is 48.7 Å². The Balaban J connectivity index is 1.62. The van der Waals surface area contributed by atoms with Gasteiger partial charge in [-0.1, -0.05) is 32.4 Å². The minimum absolute atomic E-state index is 0.520. The van der Waals surface area contributed by atoms with Crippen molar-refractivity contribution in [1.82, 2.24) is 4.40 Å². The highest BCUT2D eigenvalue weighted by molar-refractivity contribution is 6.26. The average Bonchev–Trinajstić information content (AvgIpc) is 3.58. The highest BCUT2D eigenvalue weighted by Gasteiger charge is 2.40. The molecular weight excluding hydrogens is 436 g/mol. The van der Waals surface area contributed by atoms with Crippen molar-refractivity contribution >= 4 is 49.0 Å². The summed E-state index contributed by atoms with van der Waals surface area (Å²) in [7, 11) is 2.23. The van der Waals surface area contributed by atoms with E-state index in [1.165, 1.54) is 91.4 Å². The second-order valence-electron chi connectivity index (χ2n) is 12.4. The van der Waals surface area contributed by atoms with E-state index in [0.29, 0.717) is 5.92 Å². The lowest BCUT2D eigenvalue weighted by Gasteiger charge is -2.23. The molecule has 2 heteroatoms.